The van der Waals surface area contributed by atoms with Gasteiger partial charge in [-0.2, -0.15) is 0 Å². The van der Waals surface area contributed by atoms with Gasteiger partial charge in [0, 0.05) is 23.7 Å². The van der Waals surface area contributed by atoms with E-state index in [4.69, 9.17) is 20.8 Å². The largest absolute Gasteiger partial charge is 0.507 e. The number of hydrogen-bond donors (Lipinski definition) is 1. The van der Waals surface area contributed by atoms with Gasteiger partial charge in [0.15, 0.2) is 0 Å². The molecule has 1 aliphatic heterocycles. The Morgan fingerprint density at radius 3 is 2.57 bits per heavy atom. The first-order valence-electron chi connectivity index (χ1n) is 9.09. The summed E-state index contributed by atoms with van der Waals surface area (Å²) in [5.74, 6) is -1.24. The highest BCUT2D eigenvalue weighted by Crippen LogP contribution is 2.39. The van der Waals surface area contributed by atoms with Crippen molar-refractivity contribution in [3.8, 4) is 0 Å². The Hall–Kier alpha value is -2.57. The van der Waals surface area contributed by atoms with Crippen LogP contribution in [0.2, 0.25) is 5.02 Å². The van der Waals surface area contributed by atoms with Gasteiger partial charge in [-0.25, -0.2) is 0 Å². The third kappa shape index (κ3) is 4.13. The van der Waals surface area contributed by atoms with Gasteiger partial charge in [-0.1, -0.05) is 11.6 Å². The number of halogens is 1. The first kappa shape index (κ1) is 20.2. The Morgan fingerprint density at radius 2 is 1.96 bits per heavy atom. The molecular formula is C21H22ClNO5. The highest BCUT2D eigenvalue weighted by molar-refractivity contribution is 6.46. The molecule has 3 rings (SSSR count). The van der Waals surface area contributed by atoms with Gasteiger partial charge in [-0.15, -0.1) is 0 Å². The number of carbonyl (C=O) groups is 2. The van der Waals surface area contributed by atoms with Crippen LogP contribution in [0.25, 0.3) is 5.76 Å². The molecule has 1 N–H and O–H groups in total. The van der Waals surface area contributed by atoms with Gasteiger partial charge in [-0.3, -0.25) is 9.59 Å². The van der Waals surface area contributed by atoms with E-state index in [9.17, 15) is 14.7 Å². The van der Waals surface area contributed by atoms with Gasteiger partial charge in [0.25, 0.3) is 11.7 Å². The molecule has 28 heavy (non-hydrogen) atoms. The first-order chi connectivity index (χ1) is 13.4. The highest BCUT2D eigenvalue weighted by atomic mass is 35.5. The number of ketones is 1. The molecule has 0 radical (unpaired) electrons. The van der Waals surface area contributed by atoms with Crippen LogP contribution in [0.4, 0.5) is 0 Å². The van der Waals surface area contributed by atoms with Crippen molar-refractivity contribution >= 4 is 29.1 Å². The van der Waals surface area contributed by atoms with E-state index in [1.165, 1.54) is 11.2 Å². The lowest BCUT2D eigenvalue weighted by Gasteiger charge is -2.23. The van der Waals surface area contributed by atoms with Crippen molar-refractivity contribution in [1.29, 1.82) is 0 Å². The number of furan rings is 1. The summed E-state index contributed by atoms with van der Waals surface area (Å²) >= 11 is 5.90. The summed E-state index contributed by atoms with van der Waals surface area (Å²) in [5.41, 5.74) is 0.411. The van der Waals surface area contributed by atoms with Gasteiger partial charge >= 0.3 is 0 Å². The molecule has 1 unspecified atom stereocenters. The van der Waals surface area contributed by atoms with Crippen molar-refractivity contribution < 1.29 is 23.8 Å². The van der Waals surface area contributed by atoms with E-state index in [1.54, 1.807) is 36.4 Å². The van der Waals surface area contributed by atoms with E-state index >= 15 is 0 Å². The zero-order chi connectivity index (χ0) is 20.3. The minimum absolute atomic E-state index is 0.00653. The van der Waals surface area contributed by atoms with Crippen LogP contribution in [0, 0.1) is 0 Å². The summed E-state index contributed by atoms with van der Waals surface area (Å²) < 4.78 is 11.0. The van der Waals surface area contributed by atoms with Crippen LogP contribution >= 0.6 is 11.6 Å². The molecule has 1 atom stereocenters. The van der Waals surface area contributed by atoms with Gasteiger partial charge < -0.3 is 19.2 Å². The summed E-state index contributed by atoms with van der Waals surface area (Å²) in [6, 6.07) is 8.99. The molecule has 0 spiro atoms. The zero-order valence-corrected chi connectivity index (χ0v) is 16.5. The summed E-state index contributed by atoms with van der Waals surface area (Å²) in [7, 11) is 0. The second-order valence-corrected chi connectivity index (χ2v) is 7.22. The summed E-state index contributed by atoms with van der Waals surface area (Å²) in [6.45, 7) is 4.63. The fourth-order valence-corrected chi connectivity index (χ4v) is 3.30. The Kier molecular flexibility index (Phi) is 6.21. The lowest BCUT2D eigenvalue weighted by molar-refractivity contribution is -0.140. The maximum Gasteiger partial charge on any atom is 0.295 e. The number of hydrogen-bond acceptors (Lipinski definition) is 5. The molecule has 0 aliphatic carbocycles. The summed E-state index contributed by atoms with van der Waals surface area (Å²) in [6.07, 6.45) is 2.12. The maximum atomic E-state index is 12.7. The Balaban J connectivity index is 1.96. The zero-order valence-electron chi connectivity index (χ0n) is 15.7. The molecule has 2 aromatic rings. The lowest BCUT2D eigenvalue weighted by Crippen LogP contribution is -2.31. The number of carbonyl (C=O) groups excluding carboxylic acids is 2. The molecule has 148 valence electrons. The van der Waals surface area contributed by atoms with Crippen molar-refractivity contribution in [2.45, 2.75) is 32.4 Å². The van der Waals surface area contributed by atoms with Crippen molar-refractivity contribution in [3.05, 3.63) is 64.6 Å². The van der Waals surface area contributed by atoms with Crippen LogP contribution in [0.15, 0.2) is 52.7 Å². The molecule has 1 aromatic carbocycles. The van der Waals surface area contributed by atoms with Crippen molar-refractivity contribution in [3.63, 3.8) is 0 Å². The minimum Gasteiger partial charge on any atom is -0.507 e. The number of amides is 1. The average molecular weight is 404 g/mol. The number of Topliss-reactive ketones (excluding diaryl/α,β-unsaturated/α-hetero) is 1. The third-order valence-corrected chi connectivity index (χ3v) is 4.72. The highest BCUT2D eigenvalue weighted by Gasteiger charge is 2.47. The predicted molar refractivity (Wildman–Crippen MR) is 105 cm³/mol. The number of aliphatic hydroxyl groups excluding tert-OH is 1. The quantitative estimate of drug-likeness (QED) is 0.325. The Morgan fingerprint density at radius 1 is 1.25 bits per heavy atom. The fourth-order valence-electron chi connectivity index (χ4n) is 3.17. The van der Waals surface area contributed by atoms with Gasteiger partial charge in [-0.05, 0) is 56.7 Å². The minimum atomic E-state index is -0.787. The van der Waals surface area contributed by atoms with E-state index in [2.05, 4.69) is 0 Å². The van der Waals surface area contributed by atoms with Crippen LogP contribution < -0.4 is 0 Å². The average Bonchev–Trinajstić information content (AvgIpc) is 3.27. The lowest BCUT2D eigenvalue weighted by atomic mass is 9.99. The van der Waals surface area contributed by atoms with Gasteiger partial charge in [0.05, 0.1) is 17.9 Å². The number of rotatable bonds is 7. The SMILES string of the molecule is CC(C)OCCCN1C(=O)C(=O)/C(=C(/O)c2ccc(Cl)cc2)C1c1ccco1. The number of aliphatic hydroxyl groups is 1. The molecule has 2 heterocycles. The number of likely N-dealkylation sites (tertiary alicyclic amines) is 1. The number of nitrogens with zero attached hydrogens (tertiary/aromatic N) is 1. The number of ether oxygens (including phenoxy) is 1. The second kappa shape index (κ2) is 8.63. The van der Waals surface area contributed by atoms with Gasteiger partial charge in [0.2, 0.25) is 0 Å². The van der Waals surface area contributed by atoms with E-state index in [0.29, 0.717) is 35.9 Å². The number of benzene rings is 1. The molecule has 1 aliphatic rings. The standard InChI is InChI=1S/C21H22ClNO5/c1-13(2)27-12-4-10-23-18(16-5-3-11-28-16)17(20(25)21(23)26)19(24)14-6-8-15(22)9-7-14/h3,5-9,11,13,18,24H,4,10,12H2,1-2H3/b19-17+. The Labute approximate surface area is 168 Å². The van der Waals surface area contributed by atoms with Crippen molar-refractivity contribution in [2.24, 2.45) is 0 Å². The van der Waals surface area contributed by atoms with Crippen LogP contribution in [-0.4, -0.2) is 41.0 Å². The van der Waals surface area contributed by atoms with Crippen LogP contribution in [0.1, 0.15) is 37.6 Å². The molecular weight excluding hydrogens is 382 g/mol. The van der Waals surface area contributed by atoms with E-state index < -0.39 is 17.7 Å². The molecule has 7 heteroatoms. The Bertz CT molecular complexity index is 871. The first-order valence-corrected chi connectivity index (χ1v) is 9.47. The molecule has 1 amide bonds. The third-order valence-electron chi connectivity index (χ3n) is 4.46. The molecule has 6 nitrogen and oxygen atoms in total. The van der Waals surface area contributed by atoms with E-state index in [-0.39, 0.29) is 17.4 Å². The maximum absolute atomic E-state index is 12.7. The predicted octanol–water partition coefficient (Wildman–Crippen LogP) is 4.17. The molecule has 1 fully saturated rings. The molecule has 1 saturated heterocycles. The van der Waals surface area contributed by atoms with Crippen LogP contribution in [0.3, 0.4) is 0 Å². The van der Waals surface area contributed by atoms with Crippen molar-refractivity contribution in [2.75, 3.05) is 13.2 Å². The van der Waals surface area contributed by atoms with Gasteiger partial charge in [0.1, 0.15) is 17.6 Å². The fraction of sp³-hybridized carbons (Fsp3) is 0.333. The van der Waals surface area contributed by atoms with Crippen LogP contribution in [-0.2, 0) is 14.3 Å². The molecule has 0 saturated carbocycles. The van der Waals surface area contributed by atoms with Crippen molar-refractivity contribution in [1.82, 2.24) is 4.90 Å². The summed E-state index contributed by atoms with van der Waals surface area (Å²) in [4.78, 5) is 26.8. The summed E-state index contributed by atoms with van der Waals surface area (Å²) in [5, 5.41) is 11.3. The molecule has 0 bridgehead atoms. The van der Waals surface area contributed by atoms with E-state index in [0.717, 1.165) is 0 Å². The normalized spacial score (nSPS) is 19.0. The second-order valence-electron chi connectivity index (χ2n) is 6.79. The van der Waals surface area contributed by atoms with Crippen LogP contribution in [0.5, 0.6) is 0 Å². The molecule has 1 aromatic heterocycles. The topological polar surface area (TPSA) is 80.0 Å². The smallest absolute Gasteiger partial charge is 0.295 e. The van der Waals surface area contributed by atoms with E-state index in [1.807, 2.05) is 13.8 Å². The monoisotopic (exact) mass is 403 g/mol.